The van der Waals surface area contributed by atoms with Crippen LogP contribution in [0.5, 0.6) is 0 Å². The lowest BCUT2D eigenvalue weighted by molar-refractivity contribution is -0.123. The van der Waals surface area contributed by atoms with E-state index in [1.165, 1.54) is 49.9 Å². The monoisotopic (exact) mass is 566 g/mol. The van der Waals surface area contributed by atoms with Crippen molar-refractivity contribution in [2.24, 2.45) is 0 Å². The number of halogens is 1. The van der Waals surface area contributed by atoms with Gasteiger partial charge in [0.05, 0.1) is 11.7 Å². The second-order valence-electron chi connectivity index (χ2n) is 9.53. The first kappa shape index (κ1) is 29.2. The van der Waals surface area contributed by atoms with E-state index in [9.17, 15) is 9.18 Å². The highest BCUT2D eigenvalue weighted by Crippen LogP contribution is 2.29. The van der Waals surface area contributed by atoms with Gasteiger partial charge in [0.25, 0.3) is 12.9 Å². The first-order valence-corrected chi connectivity index (χ1v) is 13.1. The maximum Gasteiger partial charge on any atom is 0.417 e. The number of anilines is 4. The maximum absolute atomic E-state index is 14.5. The van der Waals surface area contributed by atoms with E-state index in [0.29, 0.717) is 28.8 Å². The summed E-state index contributed by atoms with van der Waals surface area (Å²) in [5.74, 6) is -0.776. The molecule has 3 heterocycles. The molecule has 6 rings (SSSR count). The molecule has 1 saturated heterocycles. The van der Waals surface area contributed by atoms with E-state index in [0.717, 1.165) is 24.7 Å². The number of H-pyrrole nitrogens is 1. The molecule has 216 valence electrons. The van der Waals surface area contributed by atoms with Gasteiger partial charge in [-0.05, 0) is 93.1 Å². The standard InChI is InChI=1S/C26H27FN6O2.2CH2O2/c27-21-15-28-25(32-24(21)29-19-7-10-23-22(14-19)31-26(34)35-23)30-18-6-3-16-4-8-20(9-5-17(16)13-18)33-11-1-2-12-33;2*2-1-3/h3,6-7,10,13-15,20H,1-2,4-5,8-9,11-12H2,(H,31,34)(H2,28,29,30,32);2*1H,(H,2,3). The SMILES string of the molecule is O=CO.O=CO.O=c1[nH]c2cc(Nc3nc(Nc4ccc5c(c4)CCC(N4CCCC4)CC5)ncc3F)ccc2o1. The summed E-state index contributed by atoms with van der Waals surface area (Å²) in [4.78, 5) is 41.8. The van der Waals surface area contributed by atoms with E-state index in [1.54, 1.807) is 18.2 Å². The number of carbonyl (C=O) groups is 2. The highest BCUT2D eigenvalue weighted by molar-refractivity contribution is 5.78. The quantitative estimate of drug-likeness (QED) is 0.172. The molecule has 1 unspecified atom stereocenters. The molecule has 0 radical (unpaired) electrons. The highest BCUT2D eigenvalue weighted by Gasteiger charge is 2.24. The highest BCUT2D eigenvalue weighted by atomic mass is 19.1. The Kier molecular flexibility index (Phi) is 9.99. The van der Waals surface area contributed by atoms with E-state index in [-0.39, 0.29) is 18.8 Å². The number of nitrogens with zero attached hydrogens (tertiary/aromatic N) is 3. The second kappa shape index (κ2) is 14.0. The van der Waals surface area contributed by atoms with Crippen LogP contribution in [-0.4, -0.2) is 62.1 Å². The molecule has 2 aliphatic rings. The summed E-state index contributed by atoms with van der Waals surface area (Å²) in [6, 6.07) is 12.1. The van der Waals surface area contributed by atoms with Crippen molar-refractivity contribution >= 4 is 47.2 Å². The Labute approximate surface area is 234 Å². The lowest BCUT2D eigenvalue weighted by Gasteiger charge is -2.25. The Balaban J connectivity index is 0.000000596. The topological polar surface area (TPSA) is 174 Å². The molecular formula is C28H31FN6O6. The molecule has 1 atom stereocenters. The first-order chi connectivity index (χ1) is 19.9. The third-order valence-corrected chi connectivity index (χ3v) is 7.04. The van der Waals surface area contributed by atoms with Gasteiger partial charge in [-0.1, -0.05) is 6.07 Å². The van der Waals surface area contributed by atoms with Gasteiger partial charge in [0.2, 0.25) is 5.95 Å². The lowest BCUT2D eigenvalue weighted by Crippen LogP contribution is -2.32. The van der Waals surface area contributed by atoms with Gasteiger partial charge in [-0.25, -0.2) is 14.2 Å². The summed E-state index contributed by atoms with van der Waals surface area (Å²) in [5, 5.41) is 20.0. The molecule has 1 aliphatic carbocycles. The van der Waals surface area contributed by atoms with Crippen LogP contribution < -0.4 is 16.4 Å². The molecular weight excluding hydrogens is 535 g/mol. The van der Waals surface area contributed by atoms with Crippen LogP contribution in [0.2, 0.25) is 0 Å². The van der Waals surface area contributed by atoms with E-state index in [1.807, 2.05) is 6.07 Å². The minimum atomic E-state index is -0.578. The minimum Gasteiger partial charge on any atom is -0.483 e. The zero-order chi connectivity index (χ0) is 29.2. The van der Waals surface area contributed by atoms with Crippen molar-refractivity contribution in [3.05, 3.63) is 70.1 Å². The number of carboxylic acid groups (broad SMARTS) is 2. The largest absolute Gasteiger partial charge is 0.483 e. The molecule has 1 fully saturated rings. The minimum absolute atomic E-state index is 0.0379. The maximum atomic E-state index is 14.5. The normalized spacial score (nSPS) is 16.3. The number of oxazole rings is 1. The molecule has 0 amide bonds. The van der Waals surface area contributed by atoms with Crippen LogP contribution in [0.3, 0.4) is 0 Å². The van der Waals surface area contributed by atoms with Crippen LogP contribution in [0.4, 0.5) is 27.5 Å². The lowest BCUT2D eigenvalue weighted by atomic mass is 10.0. The van der Waals surface area contributed by atoms with Crippen molar-refractivity contribution in [1.29, 1.82) is 0 Å². The van der Waals surface area contributed by atoms with Gasteiger partial charge in [0, 0.05) is 17.4 Å². The van der Waals surface area contributed by atoms with Gasteiger partial charge in [-0.2, -0.15) is 4.98 Å². The number of rotatable bonds is 5. The first-order valence-electron chi connectivity index (χ1n) is 13.1. The Bertz CT molecular complexity index is 1530. The Morgan fingerprint density at radius 2 is 1.63 bits per heavy atom. The predicted molar refractivity (Wildman–Crippen MR) is 150 cm³/mol. The van der Waals surface area contributed by atoms with Crippen molar-refractivity contribution < 1.29 is 28.6 Å². The van der Waals surface area contributed by atoms with Gasteiger partial charge >= 0.3 is 5.76 Å². The molecule has 0 saturated carbocycles. The van der Waals surface area contributed by atoms with Gasteiger partial charge < -0.3 is 30.2 Å². The predicted octanol–water partition coefficient (Wildman–Crippen LogP) is 4.28. The molecule has 41 heavy (non-hydrogen) atoms. The zero-order valence-electron chi connectivity index (χ0n) is 22.2. The van der Waals surface area contributed by atoms with E-state index < -0.39 is 11.6 Å². The van der Waals surface area contributed by atoms with Crippen LogP contribution in [0.1, 0.15) is 36.8 Å². The third kappa shape index (κ3) is 7.66. The fraction of sp³-hybridized carbons (Fsp3) is 0.321. The van der Waals surface area contributed by atoms with Crippen molar-refractivity contribution in [2.45, 2.75) is 44.6 Å². The number of hydrogen-bond acceptors (Lipinski definition) is 9. The number of benzene rings is 2. The summed E-state index contributed by atoms with van der Waals surface area (Å²) in [6.45, 7) is 1.97. The van der Waals surface area contributed by atoms with Crippen LogP contribution in [0, 0.1) is 5.82 Å². The number of hydrogen-bond donors (Lipinski definition) is 5. The molecule has 12 nitrogen and oxygen atoms in total. The summed E-state index contributed by atoms with van der Waals surface area (Å²) in [5.41, 5.74) is 5.17. The second-order valence-corrected chi connectivity index (χ2v) is 9.53. The van der Waals surface area contributed by atoms with Crippen molar-refractivity contribution in [3.8, 4) is 0 Å². The summed E-state index contributed by atoms with van der Waals surface area (Å²) >= 11 is 0. The van der Waals surface area contributed by atoms with Crippen LogP contribution in [-0.2, 0) is 22.4 Å². The van der Waals surface area contributed by atoms with Gasteiger partial charge in [-0.15, -0.1) is 0 Å². The van der Waals surface area contributed by atoms with Gasteiger partial charge in [-0.3, -0.25) is 14.6 Å². The van der Waals surface area contributed by atoms with Crippen LogP contribution >= 0.6 is 0 Å². The van der Waals surface area contributed by atoms with E-state index in [2.05, 4.69) is 42.6 Å². The fourth-order valence-electron chi connectivity index (χ4n) is 5.25. The summed E-state index contributed by atoms with van der Waals surface area (Å²) in [6.07, 6.45) is 8.34. The summed E-state index contributed by atoms with van der Waals surface area (Å²) < 4.78 is 19.5. The van der Waals surface area contributed by atoms with Gasteiger partial charge in [0.15, 0.2) is 17.2 Å². The zero-order valence-corrected chi connectivity index (χ0v) is 22.2. The number of aromatic nitrogens is 3. The van der Waals surface area contributed by atoms with E-state index in [4.69, 9.17) is 24.2 Å². The van der Waals surface area contributed by atoms with Crippen molar-refractivity contribution in [1.82, 2.24) is 19.9 Å². The van der Waals surface area contributed by atoms with Crippen molar-refractivity contribution in [2.75, 3.05) is 23.7 Å². The molecule has 2 aromatic carbocycles. The average Bonchev–Trinajstić information content (AvgIpc) is 3.56. The van der Waals surface area contributed by atoms with E-state index >= 15 is 0 Å². The molecule has 2 aromatic heterocycles. The number of likely N-dealkylation sites (tertiary alicyclic amines) is 1. The Hall–Kier alpha value is -4.78. The molecule has 5 N–H and O–H groups in total. The van der Waals surface area contributed by atoms with Crippen LogP contribution in [0.25, 0.3) is 11.1 Å². The number of aromatic amines is 1. The fourth-order valence-corrected chi connectivity index (χ4v) is 5.25. The van der Waals surface area contributed by atoms with Gasteiger partial charge in [0.1, 0.15) is 0 Å². The van der Waals surface area contributed by atoms with Crippen LogP contribution in [0.15, 0.2) is 51.8 Å². The number of nitrogens with one attached hydrogen (secondary N) is 3. The third-order valence-electron chi connectivity index (χ3n) is 7.04. The smallest absolute Gasteiger partial charge is 0.417 e. The average molecular weight is 567 g/mol. The molecule has 4 aromatic rings. The summed E-state index contributed by atoms with van der Waals surface area (Å²) in [7, 11) is 0. The Morgan fingerprint density at radius 1 is 0.976 bits per heavy atom. The molecule has 0 spiro atoms. The molecule has 13 heteroatoms. The Morgan fingerprint density at radius 3 is 2.37 bits per heavy atom. The molecule has 1 aliphatic heterocycles. The van der Waals surface area contributed by atoms with Crippen molar-refractivity contribution in [3.63, 3.8) is 0 Å². The molecule has 0 bridgehead atoms. The number of aryl methyl sites for hydroxylation is 2. The number of fused-ring (bicyclic) bond motifs is 2.